The summed E-state index contributed by atoms with van der Waals surface area (Å²) in [4.78, 5) is 0. The zero-order chi connectivity index (χ0) is 13.2. The van der Waals surface area contributed by atoms with Crippen molar-refractivity contribution in [1.29, 1.82) is 0 Å². The molecule has 1 saturated carbocycles. The maximum atomic E-state index is 4.13. The van der Waals surface area contributed by atoms with Crippen LogP contribution in [-0.2, 0) is 0 Å². The van der Waals surface area contributed by atoms with Crippen molar-refractivity contribution in [1.82, 2.24) is 10.2 Å². The van der Waals surface area contributed by atoms with Crippen LogP contribution in [-0.4, -0.2) is 16.2 Å². The molecule has 1 aromatic carbocycles. The third-order valence-electron chi connectivity index (χ3n) is 4.55. The van der Waals surface area contributed by atoms with Gasteiger partial charge in [-0.25, -0.2) is 0 Å². The van der Waals surface area contributed by atoms with Gasteiger partial charge in [0, 0.05) is 11.4 Å². The number of nitrogens with zero attached hydrogens (tertiary/aromatic N) is 1. The van der Waals surface area contributed by atoms with Gasteiger partial charge in [-0.2, -0.15) is 5.10 Å². The minimum absolute atomic E-state index is 0.615. The lowest BCUT2D eigenvalue weighted by Gasteiger charge is -2.31. The van der Waals surface area contributed by atoms with Gasteiger partial charge in [-0.1, -0.05) is 26.0 Å². The molecule has 0 bridgehead atoms. The van der Waals surface area contributed by atoms with E-state index >= 15 is 0 Å². The van der Waals surface area contributed by atoms with E-state index in [0.29, 0.717) is 6.04 Å². The summed E-state index contributed by atoms with van der Waals surface area (Å²) < 4.78 is 0. The standard InChI is InChI=1S/C16H23N3/c1-11(2)12-6-8-14(9-7-12)18-15-5-3-4-13-10-17-19-16(13)15/h3-5,10-12,14,18H,6-9H2,1-2H3,(H,17,19). The summed E-state index contributed by atoms with van der Waals surface area (Å²) >= 11 is 0. The summed E-state index contributed by atoms with van der Waals surface area (Å²) in [6, 6.07) is 6.96. The second kappa shape index (κ2) is 5.24. The van der Waals surface area contributed by atoms with Crippen LogP contribution >= 0.6 is 0 Å². The molecule has 1 aliphatic carbocycles. The Hall–Kier alpha value is -1.51. The van der Waals surface area contributed by atoms with Crippen LogP contribution in [0.5, 0.6) is 0 Å². The SMILES string of the molecule is CC(C)C1CCC(Nc2cccc3cn[nH]c23)CC1. The molecular weight excluding hydrogens is 234 g/mol. The van der Waals surface area contributed by atoms with Crippen molar-refractivity contribution in [2.24, 2.45) is 11.8 Å². The van der Waals surface area contributed by atoms with Crippen molar-refractivity contribution < 1.29 is 0 Å². The maximum absolute atomic E-state index is 4.13. The Morgan fingerprint density at radius 2 is 2.00 bits per heavy atom. The van der Waals surface area contributed by atoms with E-state index in [9.17, 15) is 0 Å². The predicted molar refractivity (Wildman–Crippen MR) is 80.3 cm³/mol. The summed E-state index contributed by atoms with van der Waals surface area (Å²) in [5.74, 6) is 1.75. The first kappa shape index (κ1) is 12.5. The Kier molecular flexibility index (Phi) is 3.45. The molecule has 0 saturated heterocycles. The summed E-state index contributed by atoms with van der Waals surface area (Å²) in [6.07, 6.45) is 7.17. The average molecular weight is 257 g/mol. The molecule has 1 heterocycles. The zero-order valence-electron chi connectivity index (χ0n) is 11.8. The van der Waals surface area contributed by atoms with Crippen LogP contribution in [0.15, 0.2) is 24.4 Å². The summed E-state index contributed by atoms with van der Waals surface area (Å²) in [7, 11) is 0. The van der Waals surface area contributed by atoms with Crippen LogP contribution in [0.1, 0.15) is 39.5 Å². The van der Waals surface area contributed by atoms with Gasteiger partial charge < -0.3 is 5.32 Å². The number of fused-ring (bicyclic) bond motifs is 1. The fourth-order valence-corrected chi connectivity index (χ4v) is 3.24. The fourth-order valence-electron chi connectivity index (χ4n) is 3.24. The summed E-state index contributed by atoms with van der Waals surface area (Å²) in [5.41, 5.74) is 2.33. The van der Waals surface area contributed by atoms with Crippen LogP contribution in [0.2, 0.25) is 0 Å². The number of aromatic nitrogens is 2. The van der Waals surface area contributed by atoms with Crippen molar-refractivity contribution >= 4 is 16.6 Å². The molecule has 102 valence electrons. The van der Waals surface area contributed by atoms with E-state index in [-0.39, 0.29) is 0 Å². The molecule has 2 aromatic rings. The van der Waals surface area contributed by atoms with Gasteiger partial charge in [0.2, 0.25) is 0 Å². The second-order valence-corrected chi connectivity index (χ2v) is 6.14. The third kappa shape index (κ3) is 2.60. The molecule has 19 heavy (non-hydrogen) atoms. The van der Waals surface area contributed by atoms with Gasteiger partial charge in [0.25, 0.3) is 0 Å². The largest absolute Gasteiger partial charge is 0.381 e. The van der Waals surface area contributed by atoms with E-state index in [4.69, 9.17) is 0 Å². The molecule has 0 amide bonds. The van der Waals surface area contributed by atoms with Gasteiger partial charge in [0.05, 0.1) is 17.4 Å². The zero-order valence-corrected chi connectivity index (χ0v) is 11.8. The molecule has 2 N–H and O–H groups in total. The molecule has 1 aliphatic rings. The number of anilines is 1. The second-order valence-electron chi connectivity index (χ2n) is 6.14. The highest BCUT2D eigenvalue weighted by molar-refractivity contribution is 5.89. The van der Waals surface area contributed by atoms with Crippen molar-refractivity contribution in [3.63, 3.8) is 0 Å². The van der Waals surface area contributed by atoms with Crippen LogP contribution < -0.4 is 5.32 Å². The number of para-hydroxylation sites is 1. The molecule has 0 spiro atoms. The van der Waals surface area contributed by atoms with Crippen LogP contribution in [0.4, 0.5) is 5.69 Å². The molecular formula is C16H23N3. The number of hydrogen-bond acceptors (Lipinski definition) is 2. The Balaban J connectivity index is 1.68. The van der Waals surface area contributed by atoms with Gasteiger partial charge in [0.1, 0.15) is 0 Å². The predicted octanol–water partition coefficient (Wildman–Crippen LogP) is 4.19. The van der Waals surface area contributed by atoms with Crippen molar-refractivity contribution in [2.45, 2.75) is 45.6 Å². The fraction of sp³-hybridized carbons (Fsp3) is 0.562. The first-order chi connectivity index (χ1) is 9.24. The highest BCUT2D eigenvalue weighted by Gasteiger charge is 2.23. The molecule has 0 radical (unpaired) electrons. The molecule has 3 nitrogen and oxygen atoms in total. The number of hydrogen-bond donors (Lipinski definition) is 2. The highest BCUT2D eigenvalue weighted by Crippen LogP contribution is 2.32. The van der Waals surface area contributed by atoms with Crippen LogP contribution in [0, 0.1) is 11.8 Å². The van der Waals surface area contributed by atoms with E-state index in [1.807, 2.05) is 6.20 Å². The Bertz CT molecular complexity index is 536. The number of nitrogens with one attached hydrogen (secondary N) is 2. The van der Waals surface area contributed by atoms with Gasteiger partial charge in [-0.3, -0.25) is 5.10 Å². The van der Waals surface area contributed by atoms with Crippen LogP contribution in [0.25, 0.3) is 10.9 Å². The topological polar surface area (TPSA) is 40.7 Å². The van der Waals surface area contributed by atoms with Gasteiger partial charge in [-0.15, -0.1) is 0 Å². The van der Waals surface area contributed by atoms with Gasteiger partial charge >= 0.3 is 0 Å². The number of aromatic amines is 1. The molecule has 1 aromatic heterocycles. The molecule has 0 atom stereocenters. The number of benzene rings is 1. The van der Waals surface area contributed by atoms with E-state index < -0.39 is 0 Å². The monoisotopic (exact) mass is 257 g/mol. The first-order valence-corrected chi connectivity index (χ1v) is 7.42. The molecule has 1 fully saturated rings. The van der Waals surface area contributed by atoms with Crippen molar-refractivity contribution in [3.05, 3.63) is 24.4 Å². The quantitative estimate of drug-likeness (QED) is 0.865. The first-order valence-electron chi connectivity index (χ1n) is 7.42. The summed E-state index contributed by atoms with van der Waals surface area (Å²) in [5, 5.41) is 12.1. The number of rotatable bonds is 3. The summed E-state index contributed by atoms with van der Waals surface area (Å²) in [6.45, 7) is 4.70. The lowest BCUT2D eigenvalue weighted by Crippen LogP contribution is -2.27. The van der Waals surface area contributed by atoms with E-state index in [2.05, 4.69) is 47.6 Å². The minimum atomic E-state index is 0.615. The lowest BCUT2D eigenvalue weighted by atomic mass is 9.79. The van der Waals surface area contributed by atoms with E-state index in [1.54, 1.807) is 0 Å². The highest BCUT2D eigenvalue weighted by atomic mass is 15.1. The molecule has 3 rings (SSSR count). The Labute approximate surface area is 114 Å². The van der Waals surface area contributed by atoms with Gasteiger partial charge in [-0.05, 0) is 43.6 Å². The Morgan fingerprint density at radius 1 is 1.21 bits per heavy atom. The Morgan fingerprint density at radius 3 is 2.74 bits per heavy atom. The van der Waals surface area contributed by atoms with E-state index in [1.165, 1.54) is 36.8 Å². The van der Waals surface area contributed by atoms with Crippen molar-refractivity contribution in [3.8, 4) is 0 Å². The molecule has 3 heteroatoms. The number of H-pyrrole nitrogens is 1. The maximum Gasteiger partial charge on any atom is 0.0881 e. The minimum Gasteiger partial charge on any atom is -0.381 e. The normalized spacial score (nSPS) is 23.9. The average Bonchev–Trinajstić information content (AvgIpc) is 2.89. The molecule has 0 aliphatic heterocycles. The molecule has 0 unspecified atom stereocenters. The van der Waals surface area contributed by atoms with Gasteiger partial charge in [0.15, 0.2) is 0 Å². The van der Waals surface area contributed by atoms with E-state index in [0.717, 1.165) is 17.4 Å². The van der Waals surface area contributed by atoms with Crippen molar-refractivity contribution in [2.75, 3.05) is 5.32 Å². The lowest BCUT2D eigenvalue weighted by molar-refractivity contribution is 0.267. The third-order valence-corrected chi connectivity index (χ3v) is 4.55. The smallest absolute Gasteiger partial charge is 0.0881 e. The van der Waals surface area contributed by atoms with Crippen LogP contribution in [0.3, 0.4) is 0 Å².